The zero-order chi connectivity index (χ0) is 13.7. The number of anilines is 1. The summed E-state index contributed by atoms with van der Waals surface area (Å²) >= 11 is 5.40. The molecule has 0 atom stereocenters. The third-order valence-corrected chi connectivity index (χ3v) is 3.72. The molecular weight excluding hydrogens is 258 g/mol. The van der Waals surface area contributed by atoms with Crippen molar-refractivity contribution in [3.05, 3.63) is 29.8 Å². The molecule has 1 amide bonds. The molecule has 5 heteroatoms. The molecule has 1 aromatic rings. The Morgan fingerprint density at radius 1 is 1.26 bits per heavy atom. The first kappa shape index (κ1) is 13.8. The SMILES string of the molecule is CCc1ccc(NC(=S)N2CCN(C=O)CC2)cc1. The fourth-order valence-corrected chi connectivity index (χ4v) is 2.36. The van der Waals surface area contributed by atoms with Gasteiger partial charge in [-0.1, -0.05) is 19.1 Å². The normalized spacial score (nSPS) is 15.2. The van der Waals surface area contributed by atoms with Gasteiger partial charge in [0, 0.05) is 31.9 Å². The number of hydrogen-bond acceptors (Lipinski definition) is 2. The van der Waals surface area contributed by atoms with Crippen LogP contribution in [-0.4, -0.2) is 47.5 Å². The van der Waals surface area contributed by atoms with Crippen LogP contribution < -0.4 is 5.32 Å². The monoisotopic (exact) mass is 277 g/mol. The van der Waals surface area contributed by atoms with Gasteiger partial charge in [-0.3, -0.25) is 4.79 Å². The van der Waals surface area contributed by atoms with Gasteiger partial charge in [0.25, 0.3) is 0 Å². The number of nitrogens with one attached hydrogen (secondary N) is 1. The first-order valence-corrected chi connectivity index (χ1v) is 6.98. The van der Waals surface area contributed by atoms with Crippen LogP contribution in [0.3, 0.4) is 0 Å². The highest BCUT2D eigenvalue weighted by atomic mass is 32.1. The molecule has 1 aromatic carbocycles. The van der Waals surface area contributed by atoms with Crippen molar-refractivity contribution >= 4 is 29.4 Å². The summed E-state index contributed by atoms with van der Waals surface area (Å²) in [6.07, 6.45) is 1.94. The van der Waals surface area contributed by atoms with E-state index < -0.39 is 0 Å². The van der Waals surface area contributed by atoms with Gasteiger partial charge in [0.05, 0.1) is 0 Å². The number of benzene rings is 1. The summed E-state index contributed by atoms with van der Waals surface area (Å²) in [4.78, 5) is 14.5. The van der Waals surface area contributed by atoms with Crippen LogP contribution >= 0.6 is 12.2 Å². The van der Waals surface area contributed by atoms with Crippen LogP contribution in [0, 0.1) is 0 Å². The second-order valence-electron chi connectivity index (χ2n) is 4.61. The Kier molecular flexibility index (Phi) is 4.74. The van der Waals surface area contributed by atoms with Crippen molar-refractivity contribution in [3.8, 4) is 0 Å². The lowest BCUT2D eigenvalue weighted by molar-refractivity contribution is -0.119. The third-order valence-electron chi connectivity index (χ3n) is 3.36. The van der Waals surface area contributed by atoms with E-state index in [9.17, 15) is 4.79 Å². The molecular formula is C14H19N3OS. The summed E-state index contributed by atoms with van der Waals surface area (Å²) in [6.45, 7) is 5.19. The Morgan fingerprint density at radius 3 is 2.42 bits per heavy atom. The van der Waals surface area contributed by atoms with Gasteiger partial charge in [0.2, 0.25) is 6.41 Å². The van der Waals surface area contributed by atoms with Gasteiger partial charge in [-0.15, -0.1) is 0 Å². The lowest BCUT2D eigenvalue weighted by Crippen LogP contribution is -2.49. The quantitative estimate of drug-likeness (QED) is 0.674. The van der Waals surface area contributed by atoms with Crippen molar-refractivity contribution in [1.29, 1.82) is 0 Å². The van der Waals surface area contributed by atoms with E-state index in [1.165, 1.54) is 5.56 Å². The minimum Gasteiger partial charge on any atom is -0.345 e. The topological polar surface area (TPSA) is 35.6 Å². The maximum Gasteiger partial charge on any atom is 0.209 e. The van der Waals surface area contributed by atoms with Crippen LogP contribution in [0.1, 0.15) is 12.5 Å². The Bertz CT molecular complexity index is 439. The largest absolute Gasteiger partial charge is 0.345 e. The predicted octanol–water partition coefficient (Wildman–Crippen LogP) is 1.72. The summed E-state index contributed by atoms with van der Waals surface area (Å²) in [5, 5.41) is 3.98. The molecule has 0 spiro atoms. The van der Waals surface area contributed by atoms with E-state index in [2.05, 4.69) is 29.3 Å². The number of aryl methyl sites for hydroxylation is 1. The Balaban J connectivity index is 1.88. The molecule has 4 nitrogen and oxygen atoms in total. The number of rotatable bonds is 3. The average Bonchev–Trinajstić information content (AvgIpc) is 2.48. The van der Waals surface area contributed by atoms with Gasteiger partial charge in [0.15, 0.2) is 5.11 Å². The summed E-state index contributed by atoms with van der Waals surface area (Å²) < 4.78 is 0. The van der Waals surface area contributed by atoms with Crippen molar-refractivity contribution < 1.29 is 4.79 Å². The minimum atomic E-state index is 0.731. The molecule has 102 valence electrons. The van der Waals surface area contributed by atoms with Crippen molar-refractivity contribution in [3.63, 3.8) is 0 Å². The second-order valence-corrected chi connectivity index (χ2v) is 5.00. The molecule has 2 rings (SSSR count). The zero-order valence-corrected chi connectivity index (χ0v) is 11.9. The summed E-state index contributed by atoms with van der Waals surface area (Å²) in [6, 6.07) is 8.31. The molecule has 0 aliphatic carbocycles. The molecule has 19 heavy (non-hydrogen) atoms. The van der Waals surface area contributed by atoms with Crippen LogP contribution in [0.2, 0.25) is 0 Å². The smallest absolute Gasteiger partial charge is 0.209 e. The predicted molar refractivity (Wildman–Crippen MR) is 81.3 cm³/mol. The minimum absolute atomic E-state index is 0.731. The van der Waals surface area contributed by atoms with Gasteiger partial charge < -0.3 is 15.1 Å². The van der Waals surface area contributed by atoms with Crippen molar-refractivity contribution in [2.75, 3.05) is 31.5 Å². The highest BCUT2D eigenvalue weighted by Gasteiger charge is 2.17. The van der Waals surface area contributed by atoms with Crippen LogP contribution in [0.4, 0.5) is 5.69 Å². The van der Waals surface area contributed by atoms with Crippen LogP contribution in [0.5, 0.6) is 0 Å². The van der Waals surface area contributed by atoms with Crippen molar-refractivity contribution in [2.24, 2.45) is 0 Å². The van der Waals surface area contributed by atoms with Crippen molar-refractivity contribution in [1.82, 2.24) is 9.80 Å². The van der Waals surface area contributed by atoms with Crippen LogP contribution in [-0.2, 0) is 11.2 Å². The van der Waals surface area contributed by atoms with E-state index in [4.69, 9.17) is 12.2 Å². The van der Waals surface area contributed by atoms with Gasteiger partial charge in [-0.2, -0.15) is 0 Å². The number of carbonyl (C=O) groups excluding carboxylic acids is 1. The second kappa shape index (κ2) is 6.52. The molecule has 1 aliphatic heterocycles. The van der Waals surface area contributed by atoms with Gasteiger partial charge in [0.1, 0.15) is 0 Å². The molecule has 1 aliphatic rings. The van der Waals surface area contributed by atoms with Gasteiger partial charge in [-0.25, -0.2) is 0 Å². The van der Waals surface area contributed by atoms with E-state index in [1.807, 2.05) is 12.1 Å². The number of hydrogen-bond donors (Lipinski definition) is 1. The maximum absolute atomic E-state index is 10.6. The van der Waals surface area contributed by atoms with E-state index in [-0.39, 0.29) is 0 Å². The summed E-state index contributed by atoms with van der Waals surface area (Å²) in [5.74, 6) is 0. The Morgan fingerprint density at radius 2 is 1.89 bits per heavy atom. The van der Waals surface area contributed by atoms with Crippen LogP contribution in [0.25, 0.3) is 0 Å². The maximum atomic E-state index is 10.6. The van der Waals surface area contributed by atoms with Gasteiger partial charge in [-0.05, 0) is 36.3 Å². The fraction of sp³-hybridized carbons (Fsp3) is 0.429. The lowest BCUT2D eigenvalue weighted by atomic mass is 10.1. The first-order valence-electron chi connectivity index (χ1n) is 6.57. The van der Waals surface area contributed by atoms with E-state index >= 15 is 0 Å². The molecule has 0 aromatic heterocycles. The molecule has 0 bridgehead atoms. The Labute approximate surface area is 119 Å². The molecule has 0 unspecified atom stereocenters. The molecule has 1 saturated heterocycles. The zero-order valence-electron chi connectivity index (χ0n) is 11.1. The van der Waals surface area contributed by atoms with Crippen molar-refractivity contribution in [2.45, 2.75) is 13.3 Å². The first-order chi connectivity index (χ1) is 9.22. The molecule has 1 heterocycles. The molecule has 1 N–H and O–H groups in total. The number of amides is 1. The molecule has 0 saturated carbocycles. The van der Waals surface area contributed by atoms with E-state index in [0.717, 1.165) is 49.8 Å². The van der Waals surface area contributed by atoms with E-state index in [0.29, 0.717) is 0 Å². The number of piperazine rings is 1. The highest BCUT2D eigenvalue weighted by molar-refractivity contribution is 7.80. The fourth-order valence-electron chi connectivity index (χ4n) is 2.06. The number of nitrogens with zero attached hydrogens (tertiary/aromatic N) is 2. The molecule has 1 fully saturated rings. The number of thiocarbonyl (C=S) groups is 1. The number of carbonyl (C=O) groups is 1. The third kappa shape index (κ3) is 3.67. The summed E-state index contributed by atoms with van der Waals surface area (Å²) in [5.41, 5.74) is 2.33. The van der Waals surface area contributed by atoms with E-state index in [1.54, 1.807) is 4.90 Å². The summed E-state index contributed by atoms with van der Waals surface area (Å²) in [7, 11) is 0. The lowest BCUT2D eigenvalue weighted by Gasteiger charge is -2.34. The highest BCUT2D eigenvalue weighted by Crippen LogP contribution is 2.11. The molecule has 0 radical (unpaired) electrons. The Hall–Kier alpha value is -1.62. The standard InChI is InChI=1S/C14H19N3OS/c1-2-12-3-5-13(6-4-12)15-14(19)17-9-7-16(11-18)8-10-17/h3-6,11H,2,7-10H2,1H3,(H,15,19). The van der Waals surface area contributed by atoms with Crippen LogP contribution in [0.15, 0.2) is 24.3 Å². The van der Waals surface area contributed by atoms with Gasteiger partial charge >= 0.3 is 0 Å². The average molecular weight is 277 g/mol.